The standard InChI is InChI=1S/C87H146F5N15O33/c88-80-81(89)83(91)85(84(92)82(80)90)140-79(115)12-26-121-37-45-129-50-51-130-46-38-122-27-16-96-86(116)73(6-1-3-13-93-75(111)9-23-118-34-39-123-28-17-105-64-70(99-102-105)67-137-61-58-134-55-52-131-47-42-126-31-20-108)98-87(117)74(7-2-4-14-94-76(112)10-24-119-35-40-124-29-18-106-65-71(100-103-106)68-138-62-59-135-56-53-132-48-43-127-32-21-109)97-78(114)8-5-15-95-77(113)11-25-120-36-41-125-30-19-107-66-72(101-104-107)69-139-63-60-136-57-54-133-49-44-128-33-22-110/h64-66,73-74,108-110H,1-63,67-69H2,(H,93,111)(H,94,112)(H,95,113)(H,96,116)(H,97,114)(H,98,117)/t73-,74-/m1/s1. The zero-order valence-electron chi connectivity index (χ0n) is 80.1. The molecular formula is C87H146F5N15O33. The summed E-state index contributed by atoms with van der Waals surface area (Å²) < 4.78 is 198. The van der Waals surface area contributed by atoms with E-state index < -0.39 is 77.0 Å². The average Bonchev–Trinajstić information content (AvgIpc) is 0.984. The Labute approximate surface area is 811 Å². The summed E-state index contributed by atoms with van der Waals surface area (Å²) in [6.07, 6.45) is 6.63. The van der Waals surface area contributed by atoms with Crippen LogP contribution in [-0.4, -0.2) is 431 Å². The van der Waals surface area contributed by atoms with Crippen molar-refractivity contribution in [3.05, 3.63) is 64.8 Å². The van der Waals surface area contributed by atoms with Crippen LogP contribution in [0.4, 0.5) is 22.0 Å². The van der Waals surface area contributed by atoms with E-state index in [1.165, 1.54) is 0 Å². The summed E-state index contributed by atoms with van der Waals surface area (Å²) >= 11 is 0. The molecule has 0 fully saturated rings. The number of benzene rings is 1. The fraction of sp³-hybridized carbons (Fsp3) is 0.782. The van der Waals surface area contributed by atoms with Crippen LogP contribution < -0.4 is 36.6 Å². The molecule has 0 unspecified atom stereocenters. The molecule has 0 saturated heterocycles. The van der Waals surface area contributed by atoms with Gasteiger partial charge in [0, 0.05) is 51.9 Å². The Morgan fingerprint density at radius 1 is 0.271 bits per heavy atom. The molecular weight excluding hydrogens is 1880 g/mol. The van der Waals surface area contributed by atoms with Gasteiger partial charge in [-0.05, 0) is 44.9 Å². The van der Waals surface area contributed by atoms with Crippen LogP contribution in [0.5, 0.6) is 5.75 Å². The number of hydrogen-bond donors (Lipinski definition) is 9. The third kappa shape index (κ3) is 67.2. The average molecular weight is 2030 g/mol. The first-order valence-electron chi connectivity index (χ1n) is 47.1. The number of amides is 6. The number of halogens is 5. The summed E-state index contributed by atoms with van der Waals surface area (Å²) in [6, 6.07) is -2.29. The number of aromatic nitrogens is 9. The molecule has 0 radical (unpaired) electrons. The molecule has 0 aliphatic carbocycles. The number of ether oxygens (including phenoxy) is 23. The van der Waals surface area contributed by atoms with Crippen LogP contribution in [0.2, 0.25) is 0 Å². The van der Waals surface area contributed by atoms with Crippen LogP contribution in [0.25, 0.3) is 0 Å². The number of carbonyl (C=O) groups is 7. The highest BCUT2D eigenvalue weighted by atomic mass is 19.2. The molecule has 3 heterocycles. The smallest absolute Gasteiger partial charge is 0.313 e. The van der Waals surface area contributed by atoms with Gasteiger partial charge in [0.15, 0.2) is 0 Å². The van der Waals surface area contributed by atoms with Crippen LogP contribution in [0.15, 0.2) is 18.6 Å². The number of nitrogens with one attached hydrogen (secondary N) is 6. The van der Waals surface area contributed by atoms with E-state index in [1.54, 1.807) is 32.6 Å². The Kier molecular flexibility index (Phi) is 77.1. The molecule has 1 aromatic carbocycles. The molecule has 53 heteroatoms. The lowest BCUT2D eigenvalue weighted by Gasteiger charge is -2.23. The first kappa shape index (κ1) is 124. The van der Waals surface area contributed by atoms with Crippen molar-refractivity contribution in [1.82, 2.24) is 76.9 Å². The summed E-state index contributed by atoms with van der Waals surface area (Å²) in [5.74, 6) is -17.2. The Morgan fingerprint density at radius 2 is 0.543 bits per heavy atom. The van der Waals surface area contributed by atoms with Gasteiger partial charge in [-0.25, -0.2) is 27.2 Å². The molecule has 4 aromatic rings. The van der Waals surface area contributed by atoms with E-state index in [-0.39, 0.29) is 261 Å². The molecule has 0 bridgehead atoms. The Morgan fingerprint density at radius 3 is 0.871 bits per heavy atom. The maximum atomic E-state index is 14.4. The second kappa shape index (κ2) is 87.2. The van der Waals surface area contributed by atoms with Crippen molar-refractivity contribution >= 4 is 41.4 Å². The maximum absolute atomic E-state index is 14.4. The highest BCUT2D eigenvalue weighted by Crippen LogP contribution is 2.29. The zero-order chi connectivity index (χ0) is 101. The molecule has 0 aliphatic rings. The third-order valence-electron chi connectivity index (χ3n) is 18.7. The largest absolute Gasteiger partial charge is 0.420 e. The predicted octanol–water partition coefficient (Wildman–Crippen LogP) is -0.880. The number of rotatable bonds is 100. The maximum Gasteiger partial charge on any atom is 0.313 e. The van der Waals surface area contributed by atoms with Crippen molar-refractivity contribution in [3.8, 4) is 5.75 Å². The van der Waals surface area contributed by atoms with Crippen LogP contribution in [-0.2, 0) is 177 Å². The number of unbranched alkanes of at least 4 members (excludes halogenated alkanes) is 2. The minimum atomic E-state index is -2.40. The SMILES string of the molecule is O=C(CCOCCOCCn1cc(COCCOCCOCCOCCO)nn1)NCCCC[C@@H](NC(=O)CCCNC(=O)CCOCCOCCn1cc(COCCOCCOCCOCCO)nn1)C(=O)N[C@H](CCCCNC(=O)CCOCCOCCn1cc(COCCOCCOCCOCCO)nn1)C(=O)NCCOCCOCCOCCOCCC(=O)Oc1c(F)c(F)c(F)c(F)c1F. The van der Waals surface area contributed by atoms with Crippen LogP contribution in [0, 0.1) is 29.1 Å². The van der Waals surface area contributed by atoms with Crippen molar-refractivity contribution in [2.75, 3.05) is 317 Å². The van der Waals surface area contributed by atoms with E-state index >= 15 is 0 Å². The van der Waals surface area contributed by atoms with Crippen molar-refractivity contribution in [2.45, 2.75) is 129 Å². The van der Waals surface area contributed by atoms with E-state index in [1.807, 2.05) is 0 Å². The number of hydrogen-bond acceptors (Lipinski definition) is 39. The Bertz CT molecular complexity index is 3760. The van der Waals surface area contributed by atoms with Crippen LogP contribution in [0.1, 0.15) is 94.1 Å². The highest BCUT2D eigenvalue weighted by Gasteiger charge is 2.30. The van der Waals surface area contributed by atoms with Gasteiger partial charge in [-0.2, -0.15) is 8.78 Å². The topological polar surface area (TPSA) is 557 Å². The van der Waals surface area contributed by atoms with Gasteiger partial charge in [0.2, 0.25) is 70.3 Å². The summed E-state index contributed by atoms with van der Waals surface area (Å²) in [5.41, 5.74) is 1.92. The summed E-state index contributed by atoms with van der Waals surface area (Å²) in [7, 11) is 0. The summed E-state index contributed by atoms with van der Waals surface area (Å²) in [4.78, 5) is 92.7. The van der Waals surface area contributed by atoms with Crippen molar-refractivity contribution in [2.24, 2.45) is 0 Å². The Hall–Kier alpha value is -8.42. The van der Waals surface area contributed by atoms with Gasteiger partial charge in [0.05, 0.1) is 355 Å². The van der Waals surface area contributed by atoms with Gasteiger partial charge < -0.3 is 156 Å². The number of aliphatic hydroxyl groups excluding tert-OH is 3. The molecule has 802 valence electrons. The number of carbonyl (C=O) groups excluding carboxylic acids is 7. The predicted molar refractivity (Wildman–Crippen MR) is 479 cm³/mol. The molecule has 9 N–H and O–H groups in total. The van der Waals surface area contributed by atoms with Crippen molar-refractivity contribution in [3.63, 3.8) is 0 Å². The molecule has 2 atom stereocenters. The zero-order valence-corrected chi connectivity index (χ0v) is 80.1. The van der Waals surface area contributed by atoms with E-state index in [9.17, 15) is 55.5 Å². The van der Waals surface area contributed by atoms with E-state index in [4.69, 9.17) is 120 Å². The van der Waals surface area contributed by atoms with Gasteiger partial charge >= 0.3 is 5.97 Å². The fourth-order valence-electron chi connectivity index (χ4n) is 11.5. The molecule has 48 nitrogen and oxygen atoms in total. The van der Waals surface area contributed by atoms with Gasteiger partial charge in [0.25, 0.3) is 0 Å². The van der Waals surface area contributed by atoms with Crippen LogP contribution >= 0.6 is 0 Å². The third-order valence-corrected chi connectivity index (χ3v) is 18.7. The normalized spacial score (nSPS) is 11.9. The molecule has 0 aliphatic heterocycles. The van der Waals surface area contributed by atoms with Gasteiger partial charge in [-0.3, -0.25) is 33.6 Å². The van der Waals surface area contributed by atoms with E-state index in [2.05, 4.69) is 67.6 Å². The molecule has 140 heavy (non-hydrogen) atoms. The first-order chi connectivity index (χ1) is 68.5. The molecule has 3 aromatic heterocycles. The molecule has 0 saturated carbocycles. The lowest BCUT2D eigenvalue weighted by Crippen LogP contribution is -2.54. The van der Waals surface area contributed by atoms with Crippen molar-refractivity contribution in [1.29, 1.82) is 0 Å². The number of aliphatic hydroxyl groups is 3. The highest BCUT2D eigenvalue weighted by molar-refractivity contribution is 5.92. The lowest BCUT2D eigenvalue weighted by molar-refractivity contribution is -0.136. The van der Waals surface area contributed by atoms with E-state index in [0.717, 1.165) is 0 Å². The minimum Gasteiger partial charge on any atom is -0.420 e. The monoisotopic (exact) mass is 2020 g/mol. The van der Waals surface area contributed by atoms with Crippen LogP contribution in [0.3, 0.4) is 0 Å². The second-order valence-electron chi connectivity index (χ2n) is 29.9. The number of nitrogens with zero attached hydrogens (tertiary/aromatic N) is 9. The lowest BCUT2D eigenvalue weighted by atomic mass is 10.0. The molecule has 0 spiro atoms. The quantitative estimate of drug-likeness (QED) is 0.00647. The van der Waals surface area contributed by atoms with Gasteiger partial charge in [-0.1, -0.05) is 15.6 Å². The van der Waals surface area contributed by atoms with E-state index in [0.29, 0.717) is 201 Å². The Balaban J connectivity index is 1.22. The minimum absolute atomic E-state index is 0.00477. The summed E-state index contributed by atoms with van der Waals surface area (Å²) in [5, 5.41) is 67.8. The summed E-state index contributed by atoms with van der Waals surface area (Å²) in [6.45, 7) is 13.3. The molecule has 6 amide bonds. The number of esters is 1. The fourth-order valence-corrected chi connectivity index (χ4v) is 11.5. The van der Waals surface area contributed by atoms with Crippen molar-refractivity contribution < 1.29 is 180 Å². The first-order valence-corrected chi connectivity index (χ1v) is 47.1. The molecule has 4 rings (SSSR count). The van der Waals surface area contributed by atoms with Gasteiger partial charge in [-0.15, -0.1) is 15.3 Å². The second-order valence-corrected chi connectivity index (χ2v) is 29.9. The van der Waals surface area contributed by atoms with Gasteiger partial charge in [0.1, 0.15) is 29.2 Å².